The molecule has 0 aliphatic carbocycles. The first-order chi connectivity index (χ1) is 4.20. The van der Waals surface area contributed by atoms with Crippen molar-refractivity contribution in [3.05, 3.63) is 16.5 Å². The molecule has 2 nitrogen and oxygen atoms in total. The zero-order chi connectivity index (χ0) is 6.85. The number of hydrogen-bond donors (Lipinski definition) is 1. The summed E-state index contributed by atoms with van der Waals surface area (Å²) in [7, 11) is -1.37. The van der Waals surface area contributed by atoms with Crippen molar-refractivity contribution in [2.75, 3.05) is 0 Å². The van der Waals surface area contributed by atoms with Gasteiger partial charge in [0.25, 0.3) is 0 Å². The molecule has 0 radical (unpaired) electrons. The van der Waals surface area contributed by atoms with Crippen molar-refractivity contribution in [1.29, 1.82) is 0 Å². The third-order valence-corrected chi connectivity index (χ3v) is 3.05. The Kier molecular flexibility index (Phi) is 2.23. The summed E-state index contributed by atoms with van der Waals surface area (Å²) in [5.74, 6) is 0. The zero-order valence-corrected chi connectivity index (χ0v) is 6.72. The van der Waals surface area contributed by atoms with Gasteiger partial charge in [-0.2, -0.15) is 0 Å². The summed E-state index contributed by atoms with van der Waals surface area (Å²) in [6, 6.07) is 3.33. The number of halogens is 1. The van der Waals surface area contributed by atoms with Gasteiger partial charge in [-0.1, -0.05) is 11.6 Å². The number of hydrogen-bond acceptors (Lipinski definition) is 2. The molecule has 0 aromatic carbocycles. The summed E-state index contributed by atoms with van der Waals surface area (Å²) in [4.78, 5) is 0. The van der Waals surface area contributed by atoms with Crippen LogP contribution in [-0.2, 0) is 11.0 Å². The smallest absolute Gasteiger partial charge is 0.132 e. The van der Waals surface area contributed by atoms with Gasteiger partial charge in [-0.05, 0) is 12.1 Å². The van der Waals surface area contributed by atoms with Crippen LogP contribution in [0.5, 0.6) is 0 Å². The Labute approximate surface area is 64.2 Å². The molecule has 1 aromatic heterocycles. The fourth-order valence-corrected chi connectivity index (χ4v) is 2.12. The summed E-state index contributed by atoms with van der Waals surface area (Å²) < 4.78 is 11.7. The highest BCUT2D eigenvalue weighted by atomic mass is 35.5. The van der Waals surface area contributed by atoms with Crippen molar-refractivity contribution in [2.45, 2.75) is 4.21 Å². The predicted molar refractivity (Wildman–Crippen MR) is 39.9 cm³/mol. The average Bonchev–Trinajstić information content (AvgIpc) is 2.14. The van der Waals surface area contributed by atoms with Crippen LogP contribution in [0, 0.1) is 0 Å². The summed E-state index contributed by atoms with van der Waals surface area (Å²) in [5, 5.41) is 5.05. The van der Waals surface area contributed by atoms with Crippen LogP contribution in [0.25, 0.3) is 0 Å². The Balaban J connectivity index is 2.98. The van der Waals surface area contributed by atoms with E-state index in [1.807, 2.05) is 0 Å². The molecule has 1 heterocycles. The van der Waals surface area contributed by atoms with Crippen molar-refractivity contribution >= 4 is 33.9 Å². The summed E-state index contributed by atoms with van der Waals surface area (Å²) in [5.41, 5.74) is 0. The van der Waals surface area contributed by atoms with Gasteiger partial charge in [0.05, 0.1) is 4.34 Å². The van der Waals surface area contributed by atoms with Crippen LogP contribution in [0.3, 0.4) is 0 Å². The first-order valence-corrected chi connectivity index (χ1v) is 4.52. The summed E-state index contributed by atoms with van der Waals surface area (Å²) >= 11 is 6.77. The van der Waals surface area contributed by atoms with E-state index in [0.29, 0.717) is 8.55 Å². The third kappa shape index (κ3) is 1.76. The van der Waals surface area contributed by atoms with Gasteiger partial charge in [-0.3, -0.25) is 0 Å². The van der Waals surface area contributed by atoms with E-state index in [2.05, 4.69) is 0 Å². The average molecular weight is 182 g/mol. The molecular formula is C4H4ClNOS2. The minimum Gasteiger partial charge on any atom is -0.247 e. The van der Waals surface area contributed by atoms with Gasteiger partial charge in [-0.25, -0.2) is 9.35 Å². The Hall–Kier alpha value is 0.1000. The normalized spacial score (nSPS) is 13.6. The van der Waals surface area contributed by atoms with E-state index in [9.17, 15) is 4.21 Å². The molecule has 2 N–H and O–H groups in total. The minimum absolute atomic E-state index is 0.611. The summed E-state index contributed by atoms with van der Waals surface area (Å²) in [6.45, 7) is 0. The lowest BCUT2D eigenvalue weighted by Gasteiger charge is -1.82. The van der Waals surface area contributed by atoms with Gasteiger partial charge in [0.15, 0.2) is 0 Å². The van der Waals surface area contributed by atoms with E-state index in [4.69, 9.17) is 16.7 Å². The Morgan fingerprint density at radius 1 is 1.67 bits per heavy atom. The van der Waals surface area contributed by atoms with E-state index < -0.39 is 11.0 Å². The van der Waals surface area contributed by atoms with Gasteiger partial charge in [-0.15, -0.1) is 11.3 Å². The molecule has 50 valence electrons. The van der Waals surface area contributed by atoms with Gasteiger partial charge in [0, 0.05) is 0 Å². The zero-order valence-electron chi connectivity index (χ0n) is 4.33. The maximum absolute atomic E-state index is 10.5. The van der Waals surface area contributed by atoms with Crippen LogP contribution in [0.1, 0.15) is 0 Å². The molecule has 0 fully saturated rings. The van der Waals surface area contributed by atoms with E-state index >= 15 is 0 Å². The lowest BCUT2D eigenvalue weighted by atomic mass is 10.7. The molecule has 1 aromatic rings. The number of nitrogens with two attached hydrogens (primary N) is 1. The molecule has 0 unspecified atom stereocenters. The Morgan fingerprint density at radius 3 is 2.56 bits per heavy atom. The molecule has 5 heteroatoms. The monoisotopic (exact) mass is 181 g/mol. The SMILES string of the molecule is N[S@@](=O)c1ccc(Cl)s1. The molecule has 0 saturated heterocycles. The maximum atomic E-state index is 10.5. The van der Waals surface area contributed by atoms with Crippen molar-refractivity contribution in [2.24, 2.45) is 5.14 Å². The first-order valence-electron chi connectivity index (χ1n) is 2.11. The molecular weight excluding hydrogens is 178 g/mol. The van der Waals surface area contributed by atoms with Crippen LogP contribution < -0.4 is 5.14 Å². The molecule has 0 spiro atoms. The molecule has 1 atom stereocenters. The first kappa shape index (κ1) is 7.21. The van der Waals surface area contributed by atoms with Crippen LogP contribution in [0.15, 0.2) is 16.3 Å². The quantitative estimate of drug-likeness (QED) is 0.699. The molecule has 9 heavy (non-hydrogen) atoms. The van der Waals surface area contributed by atoms with Crippen molar-refractivity contribution in [3.63, 3.8) is 0 Å². The largest absolute Gasteiger partial charge is 0.247 e. The fourth-order valence-electron chi connectivity index (χ4n) is 0.406. The Bertz CT molecular complexity index is 234. The topological polar surface area (TPSA) is 43.1 Å². The lowest BCUT2D eigenvalue weighted by molar-refractivity contribution is 0.685. The number of rotatable bonds is 1. The second kappa shape index (κ2) is 2.79. The van der Waals surface area contributed by atoms with E-state index in [1.54, 1.807) is 12.1 Å². The van der Waals surface area contributed by atoms with Crippen LogP contribution >= 0.6 is 22.9 Å². The molecule has 0 amide bonds. The highest BCUT2D eigenvalue weighted by Gasteiger charge is 1.99. The molecule has 0 saturated carbocycles. The molecule has 0 bridgehead atoms. The molecule has 1 rings (SSSR count). The van der Waals surface area contributed by atoms with Crippen molar-refractivity contribution in [1.82, 2.24) is 0 Å². The van der Waals surface area contributed by atoms with Crippen molar-refractivity contribution < 1.29 is 4.21 Å². The van der Waals surface area contributed by atoms with E-state index in [1.165, 1.54) is 11.3 Å². The predicted octanol–water partition coefficient (Wildman–Crippen LogP) is 1.38. The summed E-state index contributed by atoms with van der Waals surface area (Å²) in [6.07, 6.45) is 0. The van der Waals surface area contributed by atoms with Gasteiger partial charge in [0.2, 0.25) is 0 Å². The van der Waals surface area contributed by atoms with Crippen LogP contribution in [0.4, 0.5) is 0 Å². The molecule has 0 aliphatic rings. The Morgan fingerprint density at radius 2 is 2.33 bits per heavy atom. The second-order valence-electron chi connectivity index (χ2n) is 1.36. The van der Waals surface area contributed by atoms with Crippen LogP contribution in [-0.4, -0.2) is 4.21 Å². The van der Waals surface area contributed by atoms with Crippen LogP contribution in [0.2, 0.25) is 4.34 Å². The maximum Gasteiger partial charge on any atom is 0.132 e. The second-order valence-corrected chi connectivity index (χ2v) is 4.36. The third-order valence-electron chi connectivity index (χ3n) is 0.747. The molecule has 0 aliphatic heterocycles. The van der Waals surface area contributed by atoms with Gasteiger partial charge >= 0.3 is 0 Å². The fraction of sp³-hybridized carbons (Fsp3) is 0. The highest BCUT2D eigenvalue weighted by Crippen LogP contribution is 2.22. The van der Waals surface area contributed by atoms with E-state index in [-0.39, 0.29) is 0 Å². The highest BCUT2D eigenvalue weighted by molar-refractivity contribution is 7.85. The number of thiophene rings is 1. The lowest BCUT2D eigenvalue weighted by Crippen LogP contribution is -1.99. The van der Waals surface area contributed by atoms with Crippen molar-refractivity contribution in [3.8, 4) is 0 Å². The standard InChI is InChI=1S/C4H4ClNOS2/c5-3-1-2-4(8-3)9(6)7/h1-2H,6H2/t9-/m0/s1. The van der Waals surface area contributed by atoms with E-state index in [0.717, 1.165) is 0 Å². The van der Waals surface area contributed by atoms with Gasteiger partial charge in [0.1, 0.15) is 15.2 Å². The minimum atomic E-state index is -1.37. The van der Waals surface area contributed by atoms with Gasteiger partial charge < -0.3 is 0 Å².